The van der Waals surface area contributed by atoms with Gasteiger partial charge in [-0.05, 0) is 74.9 Å². The van der Waals surface area contributed by atoms with Gasteiger partial charge in [0, 0.05) is 48.4 Å². The van der Waals surface area contributed by atoms with Gasteiger partial charge in [0.2, 0.25) is 0 Å². The van der Waals surface area contributed by atoms with Crippen LogP contribution in [0.4, 0.5) is 21.0 Å². The SMILES string of the molecule is CC.CC.CC.Cc1c(NC(=O)OCC(O)COC(=O)Nc2c(C)c(C(=O)NCC(O)CO)c(C)c(C(=O)NCC(O)CO)c2C)c(C)c(C(=O)NCC(O)CO)c(C)c1C(=O)NCC(O)CO. The smallest absolute Gasteiger partial charge is 0.411 e. The Morgan fingerprint density at radius 2 is 0.588 bits per heavy atom. The van der Waals surface area contributed by atoms with Crippen LogP contribution >= 0.6 is 0 Å². The van der Waals surface area contributed by atoms with Crippen molar-refractivity contribution in [2.45, 2.75) is 114 Å². The van der Waals surface area contributed by atoms with E-state index in [0.717, 1.165) is 0 Å². The van der Waals surface area contributed by atoms with Crippen molar-refractivity contribution < 1.29 is 84.2 Å². The molecule has 2 rings (SSSR count). The normalized spacial score (nSPS) is 12.5. The molecule has 68 heavy (non-hydrogen) atoms. The van der Waals surface area contributed by atoms with Crippen LogP contribution in [0, 0.1) is 41.5 Å². The Labute approximate surface area is 397 Å². The summed E-state index contributed by atoms with van der Waals surface area (Å²) in [7, 11) is 0. The molecule has 0 heterocycles. The molecule has 388 valence electrons. The minimum atomic E-state index is -1.62. The second-order valence-electron chi connectivity index (χ2n) is 14.3. The molecule has 2 aromatic carbocycles. The van der Waals surface area contributed by atoms with Gasteiger partial charge in [0.15, 0.2) is 0 Å². The van der Waals surface area contributed by atoms with E-state index in [1.807, 2.05) is 41.5 Å². The van der Waals surface area contributed by atoms with Gasteiger partial charge in [0.1, 0.15) is 19.3 Å². The van der Waals surface area contributed by atoms with Crippen molar-refractivity contribution in [3.05, 3.63) is 55.6 Å². The van der Waals surface area contributed by atoms with Crippen LogP contribution in [-0.2, 0) is 9.47 Å². The lowest BCUT2D eigenvalue weighted by atomic mass is 9.90. The fourth-order valence-electron chi connectivity index (χ4n) is 6.30. The predicted molar refractivity (Wildman–Crippen MR) is 253 cm³/mol. The highest BCUT2D eigenvalue weighted by Crippen LogP contribution is 2.33. The van der Waals surface area contributed by atoms with Crippen molar-refractivity contribution in [2.24, 2.45) is 0 Å². The molecule has 0 spiro atoms. The third-order valence-electron chi connectivity index (χ3n) is 9.51. The second kappa shape index (κ2) is 33.9. The molecule has 2 aromatic rings. The molecule has 0 radical (unpaired) electrons. The molecule has 0 saturated heterocycles. The maximum Gasteiger partial charge on any atom is 0.411 e. The number of benzene rings is 2. The van der Waals surface area contributed by atoms with Crippen LogP contribution < -0.4 is 31.9 Å². The van der Waals surface area contributed by atoms with Crippen molar-refractivity contribution in [3.8, 4) is 0 Å². The minimum Gasteiger partial charge on any atom is -0.446 e. The summed E-state index contributed by atoms with van der Waals surface area (Å²) in [6, 6.07) is 0. The van der Waals surface area contributed by atoms with E-state index in [4.69, 9.17) is 29.9 Å². The number of carbonyl (C=O) groups excluding carboxylic acids is 6. The maximum atomic E-state index is 13.3. The molecule has 23 heteroatoms. The summed E-state index contributed by atoms with van der Waals surface area (Å²) in [5.74, 6) is -3.09. The van der Waals surface area contributed by atoms with Gasteiger partial charge < -0.3 is 76.7 Å². The fourth-order valence-corrected chi connectivity index (χ4v) is 6.30. The quantitative estimate of drug-likeness (QED) is 0.0744. The molecule has 4 atom stereocenters. The van der Waals surface area contributed by atoms with Gasteiger partial charge in [0.05, 0.1) is 62.2 Å². The van der Waals surface area contributed by atoms with Gasteiger partial charge in [-0.2, -0.15) is 0 Å². The van der Waals surface area contributed by atoms with E-state index in [1.165, 1.54) is 41.5 Å². The highest BCUT2D eigenvalue weighted by Gasteiger charge is 2.29. The van der Waals surface area contributed by atoms with Crippen LogP contribution in [0.2, 0.25) is 0 Å². The first-order valence-corrected chi connectivity index (χ1v) is 22.3. The molecule has 6 amide bonds. The third-order valence-corrected chi connectivity index (χ3v) is 9.51. The van der Waals surface area contributed by atoms with Gasteiger partial charge >= 0.3 is 12.2 Å². The van der Waals surface area contributed by atoms with E-state index < -0.39 is 106 Å². The van der Waals surface area contributed by atoms with Crippen LogP contribution in [0.3, 0.4) is 0 Å². The lowest BCUT2D eigenvalue weighted by Gasteiger charge is -2.23. The third kappa shape index (κ3) is 19.6. The van der Waals surface area contributed by atoms with Gasteiger partial charge in [0.25, 0.3) is 23.6 Å². The first-order valence-electron chi connectivity index (χ1n) is 22.3. The molecule has 0 aliphatic carbocycles. The van der Waals surface area contributed by atoms with Crippen molar-refractivity contribution in [1.82, 2.24) is 21.3 Å². The molecular weight excluding hydrogens is 897 g/mol. The monoisotopic (exact) mass is 973 g/mol. The van der Waals surface area contributed by atoms with Crippen molar-refractivity contribution in [3.63, 3.8) is 0 Å². The second-order valence-corrected chi connectivity index (χ2v) is 14.3. The number of hydrogen-bond acceptors (Lipinski definition) is 17. The van der Waals surface area contributed by atoms with Crippen molar-refractivity contribution in [2.75, 3.05) is 76.5 Å². The lowest BCUT2D eigenvalue weighted by Crippen LogP contribution is -2.37. The van der Waals surface area contributed by atoms with E-state index in [9.17, 15) is 54.3 Å². The number of amides is 6. The number of ether oxygens (including phenoxy) is 2. The maximum absolute atomic E-state index is 13.3. The summed E-state index contributed by atoms with van der Waals surface area (Å²) in [6.07, 6.45) is -9.15. The van der Waals surface area contributed by atoms with Gasteiger partial charge in [-0.25, -0.2) is 9.59 Å². The zero-order valence-corrected chi connectivity index (χ0v) is 41.2. The molecular formula is C45H76N6O17. The Morgan fingerprint density at radius 1 is 0.382 bits per heavy atom. The number of aliphatic hydroxyl groups excluding tert-OH is 9. The van der Waals surface area contributed by atoms with Gasteiger partial charge in [-0.3, -0.25) is 29.8 Å². The highest BCUT2D eigenvalue weighted by atomic mass is 16.6. The Morgan fingerprint density at radius 3 is 0.779 bits per heavy atom. The van der Waals surface area contributed by atoms with Crippen LogP contribution in [0.5, 0.6) is 0 Å². The molecule has 0 aromatic heterocycles. The zero-order valence-electron chi connectivity index (χ0n) is 41.2. The predicted octanol–water partition coefficient (Wildman–Crippen LogP) is 0.106. The first kappa shape index (κ1) is 64.6. The molecule has 0 fully saturated rings. The van der Waals surface area contributed by atoms with Crippen LogP contribution in [0.1, 0.15) is 116 Å². The molecule has 0 saturated carbocycles. The molecule has 23 nitrogen and oxygen atoms in total. The fraction of sp³-hybridized carbons (Fsp3) is 0.600. The average molecular weight is 973 g/mol. The number of aliphatic hydroxyl groups is 9. The van der Waals surface area contributed by atoms with Crippen LogP contribution in [0.15, 0.2) is 0 Å². The number of nitrogens with one attached hydrogen (secondary N) is 6. The largest absolute Gasteiger partial charge is 0.446 e. The zero-order chi connectivity index (χ0) is 53.0. The number of rotatable bonds is 22. The molecule has 0 aliphatic rings. The number of carbonyl (C=O) groups is 6. The summed E-state index contributed by atoms with van der Waals surface area (Å²) in [6.45, 7) is 15.2. The van der Waals surface area contributed by atoms with Crippen LogP contribution in [0.25, 0.3) is 0 Å². The summed E-state index contributed by atoms with van der Waals surface area (Å²) >= 11 is 0. The molecule has 0 bridgehead atoms. The molecule has 0 aliphatic heterocycles. The average Bonchev–Trinajstić information content (AvgIpc) is 3.33. The minimum absolute atomic E-state index is 0.0504. The summed E-state index contributed by atoms with van der Waals surface area (Å²) in [4.78, 5) is 79.1. The van der Waals surface area contributed by atoms with E-state index in [2.05, 4.69) is 31.9 Å². The summed E-state index contributed by atoms with van der Waals surface area (Å²) in [5.41, 5.74) is 0.534. The Bertz CT molecular complexity index is 1710. The van der Waals surface area contributed by atoms with Crippen LogP contribution in [-0.4, -0.2) is 178 Å². The standard InChI is InChI=1S/C39H58N6O17.3C2H6/c1-17-28(34(55)40-7-23(50)11-46)19(3)32(20(4)29(17)35(56)41-8-24(51)12-47)44-38(59)61-15-27(54)16-62-39(60)45-33-21(5)30(36(57)42-9-25(52)13-48)18(2)31(22(33)6)37(58)43-10-26(53)14-49;3*1-2/h23-27,46-54H,7-16H2,1-6H3,(H,40,55)(H,41,56)(H,42,57)(H,43,58)(H,44,59)(H,45,60);3*1-2H3. The molecule has 15 N–H and O–H groups in total. The number of hydrogen-bond donors (Lipinski definition) is 15. The lowest BCUT2D eigenvalue weighted by molar-refractivity contribution is 0.0292. The topological polar surface area (TPSA) is 375 Å². The molecule has 4 unspecified atom stereocenters. The van der Waals surface area contributed by atoms with Crippen molar-refractivity contribution >= 4 is 47.2 Å². The van der Waals surface area contributed by atoms with Gasteiger partial charge in [-0.1, -0.05) is 41.5 Å². The Hall–Kier alpha value is -5.50. The Balaban J connectivity index is 0. The first-order chi connectivity index (χ1) is 32.1. The van der Waals surface area contributed by atoms with E-state index in [1.54, 1.807) is 0 Å². The number of anilines is 2. The summed E-state index contributed by atoms with van der Waals surface area (Å²) in [5, 5.41) is 101. The van der Waals surface area contributed by atoms with E-state index in [-0.39, 0.29) is 93.2 Å². The van der Waals surface area contributed by atoms with E-state index in [0.29, 0.717) is 0 Å². The highest BCUT2D eigenvalue weighted by molar-refractivity contribution is 6.08. The van der Waals surface area contributed by atoms with Gasteiger partial charge in [-0.15, -0.1) is 0 Å². The van der Waals surface area contributed by atoms with Crippen molar-refractivity contribution in [1.29, 1.82) is 0 Å². The summed E-state index contributed by atoms with van der Waals surface area (Å²) < 4.78 is 10.3. The Kier molecular flexibility index (Phi) is 32.2. The van der Waals surface area contributed by atoms with E-state index >= 15 is 0 Å².